The lowest BCUT2D eigenvalue weighted by Crippen LogP contribution is -2.46. The van der Waals surface area contributed by atoms with Crippen molar-refractivity contribution in [2.24, 2.45) is 5.73 Å². The predicted molar refractivity (Wildman–Crippen MR) is 88.9 cm³/mol. The van der Waals surface area contributed by atoms with Crippen LogP contribution in [-0.4, -0.2) is 59.7 Å². The normalized spacial score (nSPS) is 12.8. The van der Waals surface area contributed by atoms with Gasteiger partial charge in [0, 0.05) is 16.8 Å². The molecular formula is C17H19N3O5. The first-order valence-electron chi connectivity index (χ1n) is 7.67. The van der Waals surface area contributed by atoms with Crippen LogP contribution >= 0.6 is 0 Å². The Balaban J connectivity index is 2.13. The first kappa shape index (κ1) is 18.2. The number of rotatable bonds is 7. The summed E-state index contributed by atoms with van der Waals surface area (Å²) in [5.74, 6) is -2.39. The minimum absolute atomic E-state index is 0.147. The van der Waals surface area contributed by atoms with Gasteiger partial charge in [-0.25, -0.2) is 0 Å². The van der Waals surface area contributed by atoms with E-state index in [1.165, 1.54) is 4.90 Å². The molecule has 132 valence electrons. The van der Waals surface area contributed by atoms with E-state index in [0.29, 0.717) is 16.8 Å². The van der Waals surface area contributed by atoms with Gasteiger partial charge in [0.15, 0.2) is 0 Å². The molecular weight excluding hydrogens is 326 g/mol. The molecule has 2 rings (SSSR count). The minimum Gasteiger partial charge on any atom is -0.465 e. The molecule has 0 saturated carbocycles. The quantitative estimate of drug-likeness (QED) is 0.699. The number of esters is 1. The van der Waals surface area contributed by atoms with Crippen molar-refractivity contribution < 1.29 is 23.9 Å². The molecule has 0 radical (unpaired) electrons. The maximum Gasteiger partial charge on any atom is 0.325 e. The number of nitrogens with zero attached hydrogens (tertiary/aromatic N) is 2. The van der Waals surface area contributed by atoms with Gasteiger partial charge in [-0.1, -0.05) is 24.8 Å². The van der Waals surface area contributed by atoms with Crippen LogP contribution in [0.4, 0.5) is 0 Å². The van der Waals surface area contributed by atoms with Gasteiger partial charge in [0.1, 0.15) is 13.1 Å². The number of amides is 3. The summed E-state index contributed by atoms with van der Waals surface area (Å²) in [6.07, 6.45) is 0. The van der Waals surface area contributed by atoms with Gasteiger partial charge in [-0.2, -0.15) is 0 Å². The average molecular weight is 345 g/mol. The summed E-state index contributed by atoms with van der Waals surface area (Å²) in [6, 6.07) is 6.87. The van der Waals surface area contributed by atoms with Crippen LogP contribution in [0.15, 0.2) is 30.8 Å². The van der Waals surface area contributed by atoms with Crippen molar-refractivity contribution in [3.8, 4) is 0 Å². The Kier molecular flexibility index (Phi) is 5.53. The second-order valence-corrected chi connectivity index (χ2v) is 5.40. The first-order chi connectivity index (χ1) is 11.8. The molecule has 1 aliphatic rings. The van der Waals surface area contributed by atoms with Crippen LogP contribution in [0, 0.1) is 0 Å². The number of hydrogen-bond acceptors (Lipinski definition) is 5. The molecule has 0 fully saturated rings. The summed E-state index contributed by atoms with van der Waals surface area (Å²) in [6.45, 7) is 4.40. The standard InChI is InChI=1S/C17H19N3O5/c1-3-25-16(23)10-19(8-14(18)21)15(22)9-20-11(2)12-6-4-5-7-13(12)17(20)24/h4-7H,2-3,8-10H2,1H3,(H2,18,21). The topological polar surface area (TPSA) is 110 Å². The summed E-state index contributed by atoms with van der Waals surface area (Å²) < 4.78 is 4.78. The van der Waals surface area contributed by atoms with Gasteiger partial charge in [0.05, 0.1) is 13.2 Å². The molecule has 8 nitrogen and oxygen atoms in total. The molecule has 2 N–H and O–H groups in total. The van der Waals surface area contributed by atoms with E-state index in [4.69, 9.17) is 10.5 Å². The molecule has 1 aromatic rings. The highest BCUT2D eigenvalue weighted by molar-refractivity contribution is 6.10. The molecule has 0 aromatic heterocycles. The van der Waals surface area contributed by atoms with Crippen molar-refractivity contribution in [3.05, 3.63) is 42.0 Å². The van der Waals surface area contributed by atoms with Gasteiger partial charge in [-0.15, -0.1) is 0 Å². The smallest absolute Gasteiger partial charge is 0.325 e. The number of primary amides is 1. The Morgan fingerprint density at radius 1 is 1.20 bits per heavy atom. The van der Waals surface area contributed by atoms with E-state index < -0.39 is 30.9 Å². The van der Waals surface area contributed by atoms with Gasteiger partial charge < -0.3 is 15.4 Å². The summed E-state index contributed by atoms with van der Waals surface area (Å²) >= 11 is 0. The molecule has 8 heteroatoms. The molecule has 0 unspecified atom stereocenters. The van der Waals surface area contributed by atoms with E-state index in [-0.39, 0.29) is 19.1 Å². The third-order valence-corrected chi connectivity index (χ3v) is 3.66. The fourth-order valence-electron chi connectivity index (χ4n) is 2.52. The number of benzene rings is 1. The summed E-state index contributed by atoms with van der Waals surface area (Å²) in [4.78, 5) is 49.9. The lowest BCUT2D eigenvalue weighted by atomic mass is 10.1. The number of carbonyl (C=O) groups excluding carboxylic acids is 4. The zero-order chi connectivity index (χ0) is 18.6. The van der Waals surface area contributed by atoms with Crippen molar-refractivity contribution in [2.75, 3.05) is 26.2 Å². The number of carbonyl (C=O) groups is 4. The maximum atomic E-state index is 12.5. The van der Waals surface area contributed by atoms with Crippen LogP contribution in [0.25, 0.3) is 5.70 Å². The van der Waals surface area contributed by atoms with E-state index in [9.17, 15) is 19.2 Å². The third kappa shape index (κ3) is 4.03. The zero-order valence-electron chi connectivity index (χ0n) is 13.9. The van der Waals surface area contributed by atoms with Crippen LogP contribution < -0.4 is 5.73 Å². The van der Waals surface area contributed by atoms with Gasteiger partial charge in [0.2, 0.25) is 11.8 Å². The summed E-state index contributed by atoms with van der Waals surface area (Å²) in [7, 11) is 0. The average Bonchev–Trinajstić information content (AvgIpc) is 2.79. The number of hydrogen-bond donors (Lipinski definition) is 1. The Morgan fingerprint density at radius 2 is 1.84 bits per heavy atom. The van der Waals surface area contributed by atoms with E-state index in [0.717, 1.165) is 4.90 Å². The van der Waals surface area contributed by atoms with E-state index in [2.05, 4.69) is 6.58 Å². The van der Waals surface area contributed by atoms with Crippen molar-refractivity contribution in [3.63, 3.8) is 0 Å². The molecule has 0 spiro atoms. The van der Waals surface area contributed by atoms with Crippen molar-refractivity contribution >= 4 is 29.4 Å². The molecule has 3 amide bonds. The second-order valence-electron chi connectivity index (χ2n) is 5.40. The highest BCUT2D eigenvalue weighted by atomic mass is 16.5. The van der Waals surface area contributed by atoms with Crippen LogP contribution in [0.5, 0.6) is 0 Å². The van der Waals surface area contributed by atoms with Crippen LogP contribution in [0.1, 0.15) is 22.8 Å². The fourth-order valence-corrected chi connectivity index (χ4v) is 2.52. The predicted octanol–water partition coefficient (Wildman–Crippen LogP) is -0.00990. The molecule has 1 heterocycles. The third-order valence-electron chi connectivity index (χ3n) is 3.66. The van der Waals surface area contributed by atoms with Gasteiger partial charge in [-0.3, -0.25) is 24.1 Å². The first-order valence-corrected chi connectivity index (χ1v) is 7.67. The van der Waals surface area contributed by atoms with Gasteiger partial charge in [0.25, 0.3) is 5.91 Å². The highest BCUT2D eigenvalue weighted by Gasteiger charge is 2.33. The fraction of sp³-hybridized carbons (Fsp3) is 0.294. The second kappa shape index (κ2) is 7.61. The lowest BCUT2D eigenvalue weighted by Gasteiger charge is -2.24. The Labute approximate surface area is 144 Å². The molecule has 0 aliphatic carbocycles. The molecule has 0 bridgehead atoms. The summed E-state index contributed by atoms with van der Waals surface area (Å²) in [5, 5.41) is 0. The Bertz CT molecular complexity index is 709. The number of fused-ring (bicyclic) bond motifs is 1. The minimum atomic E-state index is -0.771. The highest BCUT2D eigenvalue weighted by Crippen LogP contribution is 2.30. The van der Waals surface area contributed by atoms with Crippen molar-refractivity contribution in [2.45, 2.75) is 6.92 Å². The van der Waals surface area contributed by atoms with Crippen LogP contribution in [0.3, 0.4) is 0 Å². The maximum absolute atomic E-state index is 12.5. The van der Waals surface area contributed by atoms with E-state index in [1.807, 2.05) is 0 Å². The molecule has 0 atom stereocenters. The van der Waals surface area contributed by atoms with Crippen molar-refractivity contribution in [1.82, 2.24) is 9.80 Å². The van der Waals surface area contributed by atoms with Gasteiger partial charge >= 0.3 is 5.97 Å². The Morgan fingerprint density at radius 3 is 2.40 bits per heavy atom. The zero-order valence-corrected chi connectivity index (χ0v) is 13.9. The molecule has 1 aliphatic heterocycles. The largest absolute Gasteiger partial charge is 0.465 e. The number of ether oxygens (including phenoxy) is 1. The number of nitrogens with two attached hydrogens (primary N) is 1. The lowest BCUT2D eigenvalue weighted by molar-refractivity contribution is -0.149. The SMILES string of the molecule is C=C1c2ccccc2C(=O)N1CC(=O)N(CC(N)=O)CC(=O)OCC. The molecule has 1 aromatic carbocycles. The molecule has 0 saturated heterocycles. The summed E-state index contributed by atoms with van der Waals surface area (Å²) in [5.41, 5.74) is 6.62. The molecule has 25 heavy (non-hydrogen) atoms. The van der Waals surface area contributed by atoms with E-state index in [1.54, 1.807) is 31.2 Å². The Hall–Kier alpha value is -3.16. The van der Waals surface area contributed by atoms with Gasteiger partial charge in [-0.05, 0) is 13.0 Å². The van der Waals surface area contributed by atoms with E-state index >= 15 is 0 Å². The van der Waals surface area contributed by atoms with Crippen LogP contribution in [0.2, 0.25) is 0 Å². The van der Waals surface area contributed by atoms with Crippen LogP contribution in [-0.2, 0) is 19.1 Å². The monoisotopic (exact) mass is 345 g/mol. The van der Waals surface area contributed by atoms with Crippen molar-refractivity contribution in [1.29, 1.82) is 0 Å².